The summed E-state index contributed by atoms with van der Waals surface area (Å²) in [6.07, 6.45) is -9.23. The van der Waals surface area contributed by atoms with Crippen molar-refractivity contribution in [3.63, 3.8) is 0 Å². The van der Waals surface area contributed by atoms with Crippen LogP contribution in [0.1, 0.15) is 5.56 Å². The first-order valence-electron chi connectivity index (χ1n) is 9.59. The molecule has 0 bridgehead atoms. The Balaban J connectivity index is 1.52. The second-order valence-corrected chi connectivity index (χ2v) is 7.52. The van der Waals surface area contributed by atoms with Crippen molar-refractivity contribution in [1.29, 1.82) is 0 Å². The van der Waals surface area contributed by atoms with Crippen LogP contribution >= 0.6 is 0 Å². The van der Waals surface area contributed by atoms with Crippen molar-refractivity contribution in [2.24, 2.45) is 0 Å². The SMILES string of the molecule is OC[C@@]1(O)CO[C@H](OC[C@H]2O[C@H](OCCc3ccc(O)cc3)[C@H](O)[C@@H](O)[C@@H]2O)[C@@H]1O. The van der Waals surface area contributed by atoms with E-state index in [-0.39, 0.29) is 25.6 Å². The molecule has 8 atom stereocenters. The van der Waals surface area contributed by atoms with E-state index in [0.29, 0.717) is 6.42 Å². The summed E-state index contributed by atoms with van der Waals surface area (Å²) in [6.45, 7) is -1.27. The number of benzene rings is 1. The maximum absolute atomic E-state index is 10.2. The van der Waals surface area contributed by atoms with Gasteiger partial charge < -0.3 is 54.7 Å². The molecule has 0 aliphatic carbocycles. The van der Waals surface area contributed by atoms with Crippen LogP contribution in [0.2, 0.25) is 0 Å². The molecule has 0 amide bonds. The van der Waals surface area contributed by atoms with Crippen LogP contribution in [0.15, 0.2) is 24.3 Å². The highest BCUT2D eigenvalue weighted by Crippen LogP contribution is 2.27. The van der Waals surface area contributed by atoms with Crippen LogP contribution in [0.4, 0.5) is 0 Å². The fraction of sp³-hybridized carbons (Fsp3) is 0.684. The van der Waals surface area contributed by atoms with Gasteiger partial charge in [0, 0.05) is 0 Å². The molecular weight excluding hydrogens is 404 g/mol. The van der Waals surface area contributed by atoms with E-state index < -0.39 is 55.3 Å². The van der Waals surface area contributed by atoms with E-state index in [1.54, 1.807) is 12.1 Å². The third kappa shape index (κ3) is 5.08. The molecule has 11 heteroatoms. The minimum absolute atomic E-state index is 0.136. The number of phenols is 1. The molecule has 2 heterocycles. The Bertz CT molecular complexity index is 671. The zero-order chi connectivity index (χ0) is 21.9. The summed E-state index contributed by atoms with van der Waals surface area (Å²) in [5.74, 6) is 0.138. The van der Waals surface area contributed by atoms with Crippen molar-refractivity contribution in [3.8, 4) is 5.75 Å². The van der Waals surface area contributed by atoms with Crippen LogP contribution < -0.4 is 0 Å². The van der Waals surface area contributed by atoms with Crippen molar-refractivity contribution in [2.45, 2.75) is 55.1 Å². The predicted molar refractivity (Wildman–Crippen MR) is 98.2 cm³/mol. The Morgan fingerprint density at radius 1 is 0.967 bits per heavy atom. The Morgan fingerprint density at radius 2 is 1.67 bits per heavy atom. The van der Waals surface area contributed by atoms with Crippen molar-refractivity contribution in [1.82, 2.24) is 0 Å². The van der Waals surface area contributed by atoms with Gasteiger partial charge in [-0.05, 0) is 24.1 Å². The maximum Gasteiger partial charge on any atom is 0.186 e. The molecule has 2 aliphatic rings. The van der Waals surface area contributed by atoms with Crippen LogP contribution in [0.5, 0.6) is 5.75 Å². The molecule has 2 fully saturated rings. The van der Waals surface area contributed by atoms with Crippen molar-refractivity contribution in [2.75, 3.05) is 26.4 Å². The van der Waals surface area contributed by atoms with Crippen molar-refractivity contribution < 1.29 is 54.7 Å². The van der Waals surface area contributed by atoms with E-state index in [1.807, 2.05) is 0 Å². The topological polar surface area (TPSA) is 179 Å². The summed E-state index contributed by atoms with van der Waals surface area (Å²) in [4.78, 5) is 0. The first kappa shape index (κ1) is 23.3. The molecule has 0 unspecified atom stereocenters. The predicted octanol–water partition coefficient (Wildman–Crippen LogP) is -2.78. The normalized spacial score (nSPS) is 39.3. The van der Waals surface area contributed by atoms with Crippen LogP contribution in [-0.4, -0.2) is 111 Å². The Hall–Kier alpha value is -1.38. The molecule has 11 nitrogen and oxygen atoms in total. The summed E-state index contributed by atoms with van der Waals surface area (Å²) in [6, 6.07) is 6.50. The molecule has 170 valence electrons. The second kappa shape index (κ2) is 9.83. The molecule has 2 aliphatic heterocycles. The van der Waals surface area contributed by atoms with Gasteiger partial charge in [0.05, 0.1) is 26.4 Å². The molecule has 0 saturated carbocycles. The van der Waals surface area contributed by atoms with Crippen LogP contribution in [0.3, 0.4) is 0 Å². The van der Waals surface area contributed by atoms with Crippen molar-refractivity contribution in [3.05, 3.63) is 29.8 Å². The Morgan fingerprint density at radius 3 is 2.30 bits per heavy atom. The lowest BCUT2D eigenvalue weighted by molar-refractivity contribution is -0.309. The van der Waals surface area contributed by atoms with E-state index >= 15 is 0 Å². The highest BCUT2D eigenvalue weighted by atomic mass is 16.7. The number of aromatic hydroxyl groups is 1. The lowest BCUT2D eigenvalue weighted by atomic mass is 9.99. The van der Waals surface area contributed by atoms with E-state index in [4.69, 9.17) is 24.1 Å². The largest absolute Gasteiger partial charge is 0.508 e. The number of ether oxygens (including phenoxy) is 4. The van der Waals surface area contributed by atoms with Crippen molar-refractivity contribution >= 4 is 0 Å². The molecule has 2 saturated heterocycles. The van der Waals surface area contributed by atoms with Gasteiger partial charge in [0.1, 0.15) is 41.9 Å². The standard InChI is InChI=1S/C19H28O11/c20-8-19(26)9-29-18(16(19)25)28-7-12-13(22)14(23)15(24)17(30-12)27-6-5-10-1-3-11(21)4-2-10/h1-4,12-18,20-26H,5-9H2/t12-,13-,14+,15-,16+,17+,18+,19-/m1/s1. The van der Waals surface area contributed by atoms with Gasteiger partial charge in [0.15, 0.2) is 12.6 Å². The Kier molecular flexibility index (Phi) is 7.63. The number of aliphatic hydroxyl groups excluding tert-OH is 5. The first-order valence-corrected chi connectivity index (χ1v) is 9.59. The van der Waals surface area contributed by atoms with E-state index in [0.717, 1.165) is 5.56 Å². The molecule has 30 heavy (non-hydrogen) atoms. The fourth-order valence-corrected chi connectivity index (χ4v) is 3.27. The number of rotatable bonds is 8. The van der Waals surface area contributed by atoms with Gasteiger partial charge >= 0.3 is 0 Å². The molecule has 0 radical (unpaired) electrons. The summed E-state index contributed by atoms with van der Waals surface area (Å²) in [5, 5.41) is 68.8. The monoisotopic (exact) mass is 432 g/mol. The average Bonchev–Trinajstić information content (AvgIpc) is 3.03. The van der Waals surface area contributed by atoms with Gasteiger partial charge in [-0.3, -0.25) is 0 Å². The average molecular weight is 432 g/mol. The summed E-state index contributed by atoms with van der Waals surface area (Å²) in [7, 11) is 0. The minimum Gasteiger partial charge on any atom is -0.508 e. The van der Waals surface area contributed by atoms with E-state index in [9.17, 15) is 30.6 Å². The van der Waals surface area contributed by atoms with Gasteiger partial charge in [-0.15, -0.1) is 0 Å². The fourth-order valence-electron chi connectivity index (χ4n) is 3.27. The smallest absolute Gasteiger partial charge is 0.186 e. The quantitative estimate of drug-likeness (QED) is 0.226. The molecule has 1 aromatic carbocycles. The van der Waals surface area contributed by atoms with Crippen LogP contribution in [0.25, 0.3) is 0 Å². The lowest BCUT2D eigenvalue weighted by Gasteiger charge is -2.40. The second-order valence-electron chi connectivity index (χ2n) is 7.52. The highest BCUT2D eigenvalue weighted by Gasteiger charge is 2.50. The maximum atomic E-state index is 10.2. The van der Waals surface area contributed by atoms with Crippen LogP contribution in [-0.2, 0) is 25.4 Å². The highest BCUT2D eigenvalue weighted by molar-refractivity contribution is 5.25. The molecule has 0 aromatic heterocycles. The van der Waals surface area contributed by atoms with Gasteiger partial charge in [-0.2, -0.15) is 0 Å². The zero-order valence-electron chi connectivity index (χ0n) is 16.1. The molecular formula is C19H28O11. The first-order chi connectivity index (χ1) is 14.2. The van der Waals surface area contributed by atoms with Crippen LogP contribution in [0, 0.1) is 0 Å². The number of aliphatic hydroxyl groups is 6. The third-order valence-corrected chi connectivity index (χ3v) is 5.28. The molecule has 7 N–H and O–H groups in total. The van der Waals surface area contributed by atoms with Gasteiger partial charge in [0.25, 0.3) is 0 Å². The van der Waals surface area contributed by atoms with Gasteiger partial charge in [0.2, 0.25) is 0 Å². The minimum atomic E-state index is -1.85. The lowest BCUT2D eigenvalue weighted by Crippen LogP contribution is -2.59. The summed E-state index contributed by atoms with van der Waals surface area (Å²) < 4.78 is 21.5. The van der Waals surface area contributed by atoms with E-state index in [2.05, 4.69) is 0 Å². The summed E-state index contributed by atoms with van der Waals surface area (Å²) >= 11 is 0. The van der Waals surface area contributed by atoms with Gasteiger partial charge in [-0.25, -0.2) is 0 Å². The zero-order valence-corrected chi connectivity index (χ0v) is 16.1. The molecule has 0 spiro atoms. The molecule has 1 aromatic rings. The molecule has 3 rings (SSSR count). The number of phenolic OH excluding ortho intramolecular Hbond substituents is 1. The van der Waals surface area contributed by atoms with E-state index in [1.165, 1.54) is 12.1 Å². The third-order valence-electron chi connectivity index (χ3n) is 5.28. The number of hydrogen-bond donors (Lipinski definition) is 7. The Labute approximate surface area is 172 Å². The summed E-state index contributed by atoms with van der Waals surface area (Å²) in [5.41, 5.74) is -0.978. The van der Waals surface area contributed by atoms with Gasteiger partial charge in [-0.1, -0.05) is 12.1 Å². The number of hydrogen-bond acceptors (Lipinski definition) is 11.